The van der Waals surface area contributed by atoms with Gasteiger partial charge in [0.15, 0.2) is 5.65 Å². The molecule has 1 saturated heterocycles. The van der Waals surface area contributed by atoms with Crippen LogP contribution >= 0.6 is 36.4 Å². The molecule has 0 aliphatic carbocycles. The van der Waals surface area contributed by atoms with E-state index < -0.39 is 11.1 Å². The summed E-state index contributed by atoms with van der Waals surface area (Å²) in [5.74, 6) is 0.238. The summed E-state index contributed by atoms with van der Waals surface area (Å²) >= 11 is 6.00. The summed E-state index contributed by atoms with van der Waals surface area (Å²) in [7, 11) is 1.57. The molecule has 1 N–H and O–H groups in total. The molecular weight excluding hydrogens is 375 g/mol. The Labute approximate surface area is 157 Å². The van der Waals surface area contributed by atoms with E-state index in [1.54, 1.807) is 17.7 Å². The fraction of sp³-hybridized carbons (Fsp3) is 0.533. The number of fused-ring (bicyclic) bond motifs is 1. The zero-order chi connectivity index (χ0) is 16.0. The van der Waals surface area contributed by atoms with Gasteiger partial charge in [0.2, 0.25) is 0 Å². The van der Waals surface area contributed by atoms with Crippen molar-refractivity contribution in [3.05, 3.63) is 38.0 Å². The number of piperidine rings is 1. The number of pyridine rings is 1. The van der Waals surface area contributed by atoms with Crippen LogP contribution in [0.25, 0.3) is 11.2 Å². The molecule has 6 nitrogen and oxygen atoms in total. The van der Waals surface area contributed by atoms with Gasteiger partial charge in [0.1, 0.15) is 0 Å². The highest BCUT2D eigenvalue weighted by atomic mass is 35.5. The molecule has 0 amide bonds. The number of nitrogens with zero attached hydrogens (tertiary/aromatic N) is 3. The van der Waals surface area contributed by atoms with Crippen molar-refractivity contribution in [1.29, 1.82) is 0 Å². The third-order valence-corrected chi connectivity index (χ3v) is 4.69. The highest BCUT2D eigenvalue weighted by Crippen LogP contribution is 2.28. The zero-order valence-corrected chi connectivity index (χ0v) is 16.0. The van der Waals surface area contributed by atoms with Gasteiger partial charge in [-0.15, -0.1) is 24.8 Å². The fourth-order valence-corrected chi connectivity index (χ4v) is 3.33. The van der Waals surface area contributed by atoms with Crippen LogP contribution in [-0.4, -0.2) is 26.7 Å². The number of hydrogen-bond acceptors (Lipinski definition) is 4. The van der Waals surface area contributed by atoms with Crippen molar-refractivity contribution >= 4 is 47.6 Å². The van der Waals surface area contributed by atoms with E-state index >= 15 is 0 Å². The molecule has 2 aromatic heterocycles. The number of halogens is 3. The third-order valence-electron chi connectivity index (χ3n) is 4.48. The van der Waals surface area contributed by atoms with Crippen molar-refractivity contribution in [2.75, 3.05) is 6.54 Å². The van der Waals surface area contributed by atoms with Gasteiger partial charge in [0.05, 0.1) is 10.5 Å². The smallest absolute Gasteiger partial charge is 0.314 e. The van der Waals surface area contributed by atoms with E-state index in [-0.39, 0.29) is 36.8 Å². The lowest BCUT2D eigenvalue weighted by molar-refractivity contribution is 0.233. The van der Waals surface area contributed by atoms with Gasteiger partial charge < -0.3 is 9.88 Å². The largest absolute Gasteiger partial charge is 0.318 e. The van der Waals surface area contributed by atoms with Crippen LogP contribution in [0.4, 0.5) is 0 Å². The molecule has 3 rings (SSSR count). The van der Waals surface area contributed by atoms with Crippen molar-refractivity contribution in [1.82, 2.24) is 19.4 Å². The summed E-state index contributed by atoms with van der Waals surface area (Å²) in [4.78, 5) is 29.2. The lowest BCUT2D eigenvalue weighted by atomic mass is 9.91. The molecule has 24 heavy (non-hydrogen) atoms. The summed E-state index contributed by atoms with van der Waals surface area (Å²) in [5, 5.41) is 3.84. The SMILES string of the molecule is C[C@@H]1CC(n2c(=O)c(=O)n(C)c3cc(Cl)cnc32)[C@@H](C)CN1.Cl.Cl. The Bertz CT molecular complexity index is 849. The first-order valence-electron chi connectivity index (χ1n) is 7.40. The Morgan fingerprint density at radius 3 is 2.58 bits per heavy atom. The van der Waals surface area contributed by atoms with E-state index in [1.165, 1.54) is 10.8 Å². The molecule has 2 aromatic rings. The fourth-order valence-electron chi connectivity index (χ4n) is 3.17. The van der Waals surface area contributed by atoms with Crippen molar-refractivity contribution in [2.45, 2.75) is 32.4 Å². The normalized spacial score (nSPS) is 23.4. The predicted octanol–water partition coefficient (Wildman–Crippen LogP) is 2.15. The zero-order valence-electron chi connectivity index (χ0n) is 13.7. The van der Waals surface area contributed by atoms with Gasteiger partial charge in [-0.3, -0.25) is 14.2 Å². The molecule has 1 unspecified atom stereocenters. The van der Waals surface area contributed by atoms with Crippen molar-refractivity contribution < 1.29 is 0 Å². The van der Waals surface area contributed by atoms with Gasteiger partial charge in [-0.1, -0.05) is 18.5 Å². The molecule has 0 bridgehead atoms. The summed E-state index contributed by atoms with van der Waals surface area (Å²) in [6.45, 7) is 4.97. The molecule has 0 saturated carbocycles. The molecule has 0 spiro atoms. The third kappa shape index (κ3) is 3.47. The standard InChI is InChI=1S/C15H19ClN4O2.2ClH/c1-8-6-17-9(2)4-11(8)20-13-12(5-10(16)7-18-13)19(3)14(21)15(20)22;;/h5,7-9,11,17H,4,6H2,1-3H3;2*1H/t8-,9+,11?;;/m0../s1. The Morgan fingerprint density at radius 2 is 1.92 bits per heavy atom. The molecule has 1 fully saturated rings. The average molecular weight is 396 g/mol. The maximum Gasteiger partial charge on any atom is 0.318 e. The minimum atomic E-state index is -0.546. The van der Waals surface area contributed by atoms with E-state index in [9.17, 15) is 9.59 Å². The van der Waals surface area contributed by atoms with Crippen LogP contribution in [0.5, 0.6) is 0 Å². The number of aryl methyl sites for hydroxylation is 1. The maximum absolute atomic E-state index is 12.6. The summed E-state index contributed by atoms with van der Waals surface area (Å²) in [5.41, 5.74) is 0.0312. The highest BCUT2D eigenvalue weighted by Gasteiger charge is 2.29. The van der Waals surface area contributed by atoms with Gasteiger partial charge in [-0.05, 0) is 31.9 Å². The topological polar surface area (TPSA) is 68.9 Å². The quantitative estimate of drug-likeness (QED) is 0.751. The van der Waals surface area contributed by atoms with E-state index in [0.717, 1.165) is 13.0 Å². The molecule has 1 aliphatic heterocycles. The molecule has 3 heterocycles. The Morgan fingerprint density at radius 1 is 1.25 bits per heavy atom. The molecule has 0 aromatic carbocycles. The van der Waals surface area contributed by atoms with Crippen LogP contribution < -0.4 is 16.4 Å². The van der Waals surface area contributed by atoms with Crippen LogP contribution in [0, 0.1) is 5.92 Å². The number of aromatic nitrogens is 3. The second-order valence-corrected chi connectivity index (χ2v) is 6.56. The van der Waals surface area contributed by atoms with Gasteiger partial charge in [-0.2, -0.15) is 0 Å². The van der Waals surface area contributed by atoms with Crippen molar-refractivity contribution in [3.8, 4) is 0 Å². The van der Waals surface area contributed by atoms with E-state index in [1.807, 2.05) is 0 Å². The lowest BCUT2D eigenvalue weighted by Gasteiger charge is -2.35. The van der Waals surface area contributed by atoms with Crippen LogP contribution in [0.1, 0.15) is 26.3 Å². The molecular formula is C15H21Cl3N4O2. The maximum atomic E-state index is 12.6. The number of rotatable bonds is 1. The monoisotopic (exact) mass is 394 g/mol. The summed E-state index contributed by atoms with van der Waals surface area (Å²) < 4.78 is 2.89. The van der Waals surface area contributed by atoms with Crippen molar-refractivity contribution in [3.63, 3.8) is 0 Å². The minimum Gasteiger partial charge on any atom is -0.314 e. The van der Waals surface area contributed by atoms with E-state index in [4.69, 9.17) is 11.6 Å². The average Bonchev–Trinajstić information content (AvgIpc) is 2.49. The minimum absolute atomic E-state index is 0. The van der Waals surface area contributed by atoms with Crippen LogP contribution in [0.3, 0.4) is 0 Å². The second kappa shape index (κ2) is 7.87. The summed E-state index contributed by atoms with van der Waals surface area (Å²) in [6.07, 6.45) is 2.30. The van der Waals surface area contributed by atoms with Crippen molar-refractivity contribution in [2.24, 2.45) is 13.0 Å². The molecule has 9 heteroatoms. The second-order valence-electron chi connectivity index (χ2n) is 6.13. The van der Waals surface area contributed by atoms with Gasteiger partial charge >= 0.3 is 11.1 Å². The molecule has 1 aliphatic rings. The Hall–Kier alpha value is -1.08. The Balaban J connectivity index is 0.00000144. The first kappa shape index (κ1) is 21.0. The van der Waals surface area contributed by atoms with Gasteiger partial charge in [0.25, 0.3) is 0 Å². The number of hydrogen-bond donors (Lipinski definition) is 1. The van der Waals surface area contributed by atoms with Gasteiger partial charge in [0, 0.05) is 25.3 Å². The predicted molar refractivity (Wildman–Crippen MR) is 101 cm³/mol. The van der Waals surface area contributed by atoms with Crippen LogP contribution in [0.2, 0.25) is 5.02 Å². The molecule has 3 atom stereocenters. The number of nitrogens with one attached hydrogen (secondary N) is 1. The van der Waals surface area contributed by atoms with E-state index in [2.05, 4.69) is 24.1 Å². The first-order valence-corrected chi connectivity index (χ1v) is 7.78. The van der Waals surface area contributed by atoms with Crippen LogP contribution in [-0.2, 0) is 7.05 Å². The van der Waals surface area contributed by atoms with Crippen LogP contribution in [0.15, 0.2) is 21.9 Å². The Kier molecular flexibility index (Phi) is 6.87. The van der Waals surface area contributed by atoms with E-state index in [0.29, 0.717) is 22.2 Å². The molecule has 134 valence electrons. The lowest BCUT2D eigenvalue weighted by Crippen LogP contribution is -2.49. The summed E-state index contributed by atoms with van der Waals surface area (Å²) in [6, 6.07) is 1.92. The highest BCUT2D eigenvalue weighted by molar-refractivity contribution is 6.31. The molecule has 0 radical (unpaired) electrons. The first-order chi connectivity index (χ1) is 10.4. The van der Waals surface area contributed by atoms with Gasteiger partial charge in [-0.25, -0.2) is 4.98 Å².